The molecule has 0 unspecified atom stereocenters. The van der Waals surface area contributed by atoms with Gasteiger partial charge in [0, 0.05) is 0 Å². The molecule has 1 N–H and O–H groups in total. The third-order valence-electron chi connectivity index (χ3n) is 5.24. The Balaban J connectivity index is 1.99. The van der Waals surface area contributed by atoms with Gasteiger partial charge in [0.2, 0.25) is 5.78 Å². The Labute approximate surface area is 185 Å². The molecule has 0 radical (unpaired) electrons. The van der Waals surface area contributed by atoms with Gasteiger partial charge < -0.3 is 9.94 Å². The van der Waals surface area contributed by atoms with E-state index < -0.39 is 11.8 Å². The molecule has 166 valence electrons. The van der Waals surface area contributed by atoms with Crippen LogP contribution in [0, 0.1) is 6.92 Å². The average molecular weight is 424 g/mol. The van der Waals surface area contributed by atoms with Crippen LogP contribution in [0.5, 0.6) is 5.75 Å². The molecule has 2 rings (SSSR count). The van der Waals surface area contributed by atoms with Crippen LogP contribution in [0.4, 0.5) is 0 Å². The zero-order valence-corrected chi connectivity index (χ0v) is 18.6. The molecular weight excluding hydrogens is 390 g/mol. The first kappa shape index (κ1) is 24.3. The molecular formula is C26H33NO4. The molecule has 0 atom stereocenters. The number of Topliss-reactive ketones (excluding diaryl/α,β-unsaturated/α-hetero) is 1. The number of ketones is 1. The van der Waals surface area contributed by atoms with Gasteiger partial charge in [-0.3, -0.25) is 4.79 Å². The van der Waals surface area contributed by atoms with E-state index in [1.165, 1.54) is 32.1 Å². The molecule has 0 aliphatic heterocycles. The molecule has 0 aliphatic carbocycles. The van der Waals surface area contributed by atoms with Gasteiger partial charge in [0.15, 0.2) is 0 Å². The summed E-state index contributed by atoms with van der Waals surface area (Å²) in [5.74, 6) is -0.782. The number of esters is 1. The van der Waals surface area contributed by atoms with E-state index in [4.69, 9.17) is 4.74 Å². The first-order valence-corrected chi connectivity index (χ1v) is 11.2. The highest BCUT2D eigenvalue weighted by molar-refractivity contribution is 6.46. The van der Waals surface area contributed by atoms with Gasteiger partial charge in [0.25, 0.3) is 0 Å². The lowest BCUT2D eigenvalue weighted by molar-refractivity contribution is 0.0733. The van der Waals surface area contributed by atoms with Crippen LogP contribution in [0.1, 0.15) is 91.0 Å². The lowest BCUT2D eigenvalue weighted by atomic mass is 9.99. The fraction of sp³-hybridized carbons (Fsp3) is 0.423. The molecule has 0 fully saturated rings. The van der Waals surface area contributed by atoms with Crippen molar-refractivity contribution in [1.29, 1.82) is 0 Å². The minimum Gasteiger partial charge on any atom is -0.422 e. The maximum atomic E-state index is 13.0. The van der Waals surface area contributed by atoms with Crippen LogP contribution in [0.15, 0.2) is 53.7 Å². The predicted octanol–water partition coefficient (Wildman–Crippen LogP) is 6.76. The van der Waals surface area contributed by atoms with Crippen molar-refractivity contribution in [2.24, 2.45) is 5.16 Å². The Morgan fingerprint density at radius 2 is 1.55 bits per heavy atom. The summed E-state index contributed by atoms with van der Waals surface area (Å²) in [7, 11) is 0. The summed E-state index contributed by atoms with van der Waals surface area (Å²) >= 11 is 0. The number of aryl methyl sites for hydroxylation is 1. The van der Waals surface area contributed by atoms with Crippen molar-refractivity contribution < 1.29 is 19.5 Å². The Kier molecular flexibility index (Phi) is 10.5. The summed E-state index contributed by atoms with van der Waals surface area (Å²) in [5.41, 5.74) is 1.58. The quantitative estimate of drug-likeness (QED) is 0.0734. The average Bonchev–Trinajstić information content (AvgIpc) is 2.79. The standard InChI is InChI=1S/C26H33NO4/c1-3-4-5-6-7-8-9-13-16-23(27-30)25(28)22-19-20(2)17-18-24(22)31-26(29)21-14-11-10-12-15-21/h10-12,14-15,17-19,30H,3-9,13,16H2,1-2H3/b27-23-. The number of nitrogens with zero attached hydrogens (tertiary/aromatic N) is 1. The van der Waals surface area contributed by atoms with Crippen LogP contribution in [-0.4, -0.2) is 22.7 Å². The number of unbranched alkanes of at least 4 members (excludes halogenated alkanes) is 7. The van der Waals surface area contributed by atoms with E-state index >= 15 is 0 Å². The number of benzene rings is 2. The smallest absolute Gasteiger partial charge is 0.343 e. The molecule has 0 heterocycles. The van der Waals surface area contributed by atoms with E-state index in [0.717, 1.165) is 24.8 Å². The molecule has 5 nitrogen and oxygen atoms in total. The fourth-order valence-electron chi connectivity index (χ4n) is 3.43. The summed E-state index contributed by atoms with van der Waals surface area (Å²) in [5, 5.41) is 12.7. The second-order valence-corrected chi connectivity index (χ2v) is 7.86. The maximum absolute atomic E-state index is 13.0. The molecule has 5 heteroatoms. The van der Waals surface area contributed by atoms with Gasteiger partial charge >= 0.3 is 5.97 Å². The minimum atomic E-state index is -0.538. The third kappa shape index (κ3) is 8.00. The number of oxime groups is 1. The summed E-state index contributed by atoms with van der Waals surface area (Å²) in [4.78, 5) is 25.5. The molecule has 2 aromatic carbocycles. The van der Waals surface area contributed by atoms with Crippen LogP contribution in [-0.2, 0) is 0 Å². The fourth-order valence-corrected chi connectivity index (χ4v) is 3.43. The Morgan fingerprint density at radius 3 is 2.19 bits per heavy atom. The summed E-state index contributed by atoms with van der Waals surface area (Å²) < 4.78 is 5.50. The molecule has 31 heavy (non-hydrogen) atoms. The second kappa shape index (κ2) is 13.4. The third-order valence-corrected chi connectivity index (χ3v) is 5.24. The largest absolute Gasteiger partial charge is 0.422 e. The Hall–Kier alpha value is -2.95. The van der Waals surface area contributed by atoms with Gasteiger partial charge in [-0.15, -0.1) is 0 Å². The van der Waals surface area contributed by atoms with Gasteiger partial charge in [-0.1, -0.05) is 86.9 Å². The first-order valence-electron chi connectivity index (χ1n) is 11.2. The zero-order chi connectivity index (χ0) is 22.5. The summed E-state index contributed by atoms with van der Waals surface area (Å²) in [6.45, 7) is 4.06. The molecule has 0 aromatic heterocycles. The van der Waals surface area contributed by atoms with Crippen molar-refractivity contribution in [3.05, 3.63) is 65.2 Å². The van der Waals surface area contributed by atoms with Gasteiger partial charge in [-0.25, -0.2) is 4.79 Å². The molecule has 0 amide bonds. The van der Waals surface area contributed by atoms with Crippen molar-refractivity contribution >= 4 is 17.5 Å². The number of rotatable bonds is 13. The van der Waals surface area contributed by atoms with Crippen molar-refractivity contribution in [3.63, 3.8) is 0 Å². The highest BCUT2D eigenvalue weighted by Gasteiger charge is 2.21. The van der Waals surface area contributed by atoms with Crippen LogP contribution in [0.2, 0.25) is 0 Å². The number of carbonyl (C=O) groups excluding carboxylic acids is 2. The summed E-state index contributed by atoms with van der Waals surface area (Å²) in [6.07, 6.45) is 9.50. The highest BCUT2D eigenvalue weighted by Crippen LogP contribution is 2.23. The van der Waals surface area contributed by atoms with Crippen molar-refractivity contribution in [2.75, 3.05) is 0 Å². The Bertz CT molecular complexity index is 874. The van der Waals surface area contributed by atoms with E-state index in [0.29, 0.717) is 12.0 Å². The summed E-state index contributed by atoms with van der Waals surface area (Å²) in [6, 6.07) is 13.7. The lowest BCUT2D eigenvalue weighted by Gasteiger charge is -2.11. The van der Waals surface area contributed by atoms with Crippen LogP contribution in [0.3, 0.4) is 0 Å². The lowest BCUT2D eigenvalue weighted by Crippen LogP contribution is -2.18. The van der Waals surface area contributed by atoms with E-state index in [2.05, 4.69) is 12.1 Å². The number of hydrogen-bond acceptors (Lipinski definition) is 5. The molecule has 0 aliphatic rings. The Morgan fingerprint density at radius 1 is 0.903 bits per heavy atom. The van der Waals surface area contributed by atoms with E-state index in [1.54, 1.807) is 42.5 Å². The van der Waals surface area contributed by atoms with E-state index in [1.807, 2.05) is 13.0 Å². The normalized spacial score (nSPS) is 11.4. The van der Waals surface area contributed by atoms with Gasteiger partial charge in [-0.2, -0.15) is 0 Å². The van der Waals surface area contributed by atoms with Gasteiger partial charge in [-0.05, 0) is 44.0 Å². The minimum absolute atomic E-state index is 0.0913. The predicted molar refractivity (Wildman–Crippen MR) is 123 cm³/mol. The van der Waals surface area contributed by atoms with Gasteiger partial charge in [0.1, 0.15) is 11.5 Å². The van der Waals surface area contributed by atoms with Crippen LogP contribution in [0.25, 0.3) is 0 Å². The number of hydrogen-bond donors (Lipinski definition) is 1. The number of ether oxygens (including phenoxy) is 1. The number of carbonyl (C=O) groups is 2. The highest BCUT2D eigenvalue weighted by atomic mass is 16.5. The van der Waals surface area contributed by atoms with Gasteiger partial charge in [0.05, 0.1) is 11.1 Å². The van der Waals surface area contributed by atoms with Crippen molar-refractivity contribution in [1.82, 2.24) is 0 Å². The second-order valence-electron chi connectivity index (χ2n) is 7.86. The molecule has 0 spiro atoms. The maximum Gasteiger partial charge on any atom is 0.343 e. The van der Waals surface area contributed by atoms with Crippen molar-refractivity contribution in [2.45, 2.75) is 71.6 Å². The molecule has 0 bridgehead atoms. The molecule has 2 aromatic rings. The topological polar surface area (TPSA) is 76.0 Å². The van der Waals surface area contributed by atoms with Crippen LogP contribution >= 0.6 is 0 Å². The van der Waals surface area contributed by atoms with E-state index in [9.17, 15) is 14.8 Å². The first-order chi connectivity index (χ1) is 15.1. The molecule has 0 saturated heterocycles. The molecule has 0 saturated carbocycles. The monoisotopic (exact) mass is 423 g/mol. The SMILES string of the molecule is CCCCCCCCCC/C(=N/O)C(=O)c1cc(C)ccc1OC(=O)c1ccccc1. The van der Waals surface area contributed by atoms with Crippen LogP contribution < -0.4 is 4.74 Å². The van der Waals surface area contributed by atoms with Crippen molar-refractivity contribution in [3.8, 4) is 5.75 Å². The van der Waals surface area contributed by atoms with E-state index in [-0.39, 0.29) is 17.0 Å². The zero-order valence-electron chi connectivity index (χ0n) is 18.6.